The zero-order valence-electron chi connectivity index (χ0n) is 12.6. The lowest BCUT2D eigenvalue weighted by Gasteiger charge is -2.27. The number of aromatic amines is 1. The highest BCUT2D eigenvalue weighted by Gasteiger charge is 2.53. The molecule has 1 amide bonds. The molecule has 6 heteroatoms. The van der Waals surface area contributed by atoms with Crippen molar-refractivity contribution in [3.63, 3.8) is 0 Å². The Morgan fingerprint density at radius 1 is 1.32 bits per heavy atom. The molecule has 0 bridgehead atoms. The molecule has 2 N–H and O–H groups in total. The summed E-state index contributed by atoms with van der Waals surface area (Å²) < 4.78 is 5.53. The summed E-state index contributed by atoms with van der Waals surface area (Å²) in [5.74, 6) is -0.639. The molecule has 4 rings (SSSR count). The van der Waals surface area contributed by atoms with E-state index in [2.05, 4.69) is 15.5 Å². The van der Waals surface area contributed by atoms with E-state index in [0.29, 0.717) is 6.54 Å². The second-order valence-electron chi connectivity index (χ2n) is 6.70. The highest BCUT2D eigenvalue weighted by Crippen LogP contribution is 2.45. The summed E-state index contributed by atoms with van der Waals surface area (Å²) in [7, 11) is 0. The normalized spacial score (nSPS) is 25.5. The molecule has 6 nitrogen and oxygen atoms in total. The molecular formula is C16H21N3O3. The van der Waals surface area contributed by atoms with Crippen LogP contribution in [0.1, 0.15) is 55.5 Å². The molecule has 1 unspecified atom stereocenters. The Hall–Kier alpha value is -1.85. The minimum atomic E-state index is -0.533. The molecule has 1 aliphatic heterocycles. The third kappa shape index (κ3) is 2.12. The van der Waals surface area contributed by atoms with Crippen LogP contribution in [0.2, 0.25) is 0 Å². The van der Waals surface area contributed by atoms with Crippen LogP contribution in [-0.2, 0) is 33.7 Å². The van der Waals surface area contributed by atoms with E-state index in [0.717, 1.165) is 50.6 Å². The smallest absolute Gasteiger partial charge is 0.307 e. The average molecular weight is 303 g/mol. The number of aryl methyl sites for hydroxylation is 1. The molecule has 2 aliphatic carbocycles. The number of carbonyl (C=O) groups is 2. The highest BCUT2D eigenvalue weighted by atomic mass is 16.6. The fraction of sp³-hybridized carbons (Fsp3) is 0.688. The summed E-state index contributed by atoms with van der Waals surface area (Å²) in [6, 6.07) is 0. The molecule has 1 saturated heterocycles. The van der Waals surface area contributed by atoms with Crippen LogP contribution in [0.5, 0.6) is 0 Å². The number of hydrogen-bond acceptors (Lipinski definition) is 4. The van der Waals surface area contributed by atoms with Gasteiger partial charge < -0.3 is 10.1 Å². The van der Waals surface area contributed by atoms with Crippen molar-refractivity contribution in [1.82, 2.24) is 15.5 Å². The Kier molecular flexibility index (Phi) is 3.20. The van der Waals surface area contributed by atoms with Crippen LogP contribution in [0.15, 0.2) is 0 Å². The number of esters is 1. The minimum absolute atomic E-state index is 0.0671. The molecule has 22 heavy (non-hydrogen) atoms. The monoisotopic (exact) mass is 303 g/mol. The Balaban J connectivity index is 1.44. The molecular weight excluding hydrogens is 282 g/mol. The molecule has 3 aliphatic rings. The van der Waals surface area contributed by atoms with Gasteiger partial charge in [-0.25, -0.2) is 0 Å². The largest absolute Gasteiger partial charge is 0.458 e. The molecule has 0 aromatic carbocycles. The fourth-order valence-corrected chi connectivity index (χ4v) is 4.28. The summed E-state index contributed by atoms with van der Waals surface area (Å²) in [6.45, 7) is 0.436. The number of carbonyl (C=O) groups excluding carboxylic acids is 2. The average Bonchev–Trinajstić information content (AvgIpc) is 3.23. The van der Waals surface area contributed by atoms with Crippen molar-refractivity contribution in [2.45, 2.75) is 63.5 Å². The van der Waals surface area contributed by atoms with Gasteiger partial charge in [-0.2, -0.15) is 5.10 Å². The number of rotatable bonds is 3. The first-order chi connectivity index (χ1) is 10.7. The van der Waals surface area contributed by atoms with Gasteiger partial charge in [-0.15, -0.1) is 0 Å². The Labute approximate surface area is 129 Å². The van der Waals surface area contributed by atoms with Gasteiger partial charge in [-0.1, -0.05) is 0 Å². The number of hydrogen-bond donors (Lipinski definition) is 2. The van der Waals surface area contributed by atoms with Crippen molar-refractivity contribution >= 4 is 11.9 Å². The maximum Gasteiger partial charge on any atom is 0.307 e. The van der Waals surface area contributed by atoms with E-state index in [-0.39, 0.29) is 24.2 Å². The van der Waals surface area contributed by atoms with Crippen molar-refractivity contribution < 1.29 is 14.3 Å². The second-order valence-corrected chi connectivity index (χ2v) is 6.70. The van der Waals surface area contributed by atoms with Gasteiger partial charge in [0.15, 0.2) is 0 Å². The number of nitrogens with zero attached hydrogens (tertiary/aromatic N) is 1. The SMILES string of the molecule is O=C1CC(C(=O)NCc2n[nH]c3c2CCC3)C2(CCCC2)O1. The molecule has 1 aromatic rings. The number of nitrogens with one attached hydrogen (secondary N) is 2. The topological polar surface area (TPSA) is 84.1 Å². The van der Waals surface area contributed by atoms with Crippen molar-refractivity contribution in [1.29, 1.82) is 0 Å². The standard InChI is InChI=1S/C16H21N3O3/c20-14-8-11(16(22-14)6-1-2-7-16)15(21)17-9-13-10-4-3-5-12(10)18-19-13/h11H,1-9H2,(H,17,21)(H,18,19). The van der Waals surface area contributed by atoms with Gasteiger partial charge >= 0.3 is 5.97 Å². The Bertz CT molecular complexity index is 616. The molecule has 2 heterocycles. The van der Waals surface area contributed by atoms with Crippen LogP contribution >= 0.6 is 0 Å². The predicted molar refractivity (Wildman–Crippen MR) is 77.9 cm³/mol. The van der Waals surface area contributed by atoms with Crippen LogP contribution in [-0.4, -0.2) is 27.7 Å². The van der Waals surface area contributed by atoms with Gasteiger partial charge in [-0.3, -0.25) is 14.7 Å². The van der Waals surface area contributed by atoms with Crippen molar-refractivity contribution in [2.24, 2.45) is 5.92 Å². The van der Waals surface area contributed by atoms with E-state index in [9.17, 15) is 9.59 Å². The minimum Gasteiger partial charge on any atom is -0.458 e. The van der Waals surface area contributed by atoms with Gasteiger partial charge in [0.05, 0.1) is 24.6 Å². The predicted octanol–water partition coefficient (Wildman–Crippen LogP) is 1.39. The summed E-state index contributed by atoms with van der Waals surface area (Å²) in [5.41, 5.74) is 2.87. The number of ether oxygens (including phenoxy) is 1. The van der Waals surface area contributed by atoms with Gasteiger partial charge in [0.1, 0.15) is 5.60 Å². The third-order valence-electron chi connectivity index (χ3n) is 5.41. The van der Waals surface area contributed by atoms with Gasteiger partial charge in [0.25, 0.3) is 0 Å². The number of aromatic nitrogens is 2. The summed E-state index contributed by atoms with van der Waals surface area (Å²) in [5, 5.41) is 10.3. The quantitative estimate of drug-likeness (QED) is 0.827. The lowest BCUT2D eigenvalue weighted by molar-refractivity contribution is -0.149. The van der Waals surface area contributed by atoms with Crippen LogP contribution in [0, 0.1) is 5.92 Å². The Morgan fingerprint density at radius 2 is 2.14 bits per heavy atom. The van der Waals surface area contributed by atoms with Gasteiger partial charge in [0.2, 0.25) is 5.91 Å². The third-order valence-corrected chi connectivity index (χ3v) is 5.41. The van der Waals surface area contributed by atoms with E-state index in [1.54, 1.807) is 0 Å². The van der Waals surface area contributed by atoms with E-state index >= 15 is 0 Å². The summed E-state index contributed by atoms with van der Waals surface area (Å²) in [6.07, 6.45) is 7.14. The van der Waals surface area contributed by atoms with Crippen LogP contribution in [0.4, 0.5) is 0 Å². The first-order valence-corrected chi connectivity index (χ1v) is 8.22. The summed E-state index contributed by atoms with van der Waals surface area (Å²) in [4.78, 5) is 24.3. The fourth-order valence-electron chi connectivity index (χ4n) is 4.28. The van der Waals surface area contributed by atoms with Crippen LogP contribution < -0.4 is 5.32 Å². The molecule has 1 saturated carbocycles. The first-order valence-electron chi connectivity index (χ1n) is 8.22. The Morgan fingerprint density at radius 3 is 2.95 bits per heavy atom. The van der Waals surface area contributed by atoms with Gasteiger partial charge in [-0.05, 0) is 50.5 Å². The lowest BCUT2D eigenvalue weighted by atomic mass is 9.85. The molecule has 2 fully saturated rings. The lowest BCUT2D eigenvalue weighted by Crippen LogP contribution is -2.42. The number of amides is 1. The maximum absolute atomic E-state index is 12.6. The molecule has 118 valence electrons. The first kappa shape index (κ1) is 13.8. The van der Waals surface area contributed by atoms with E-state index in [4.69, 9.17) is 4.74 Å². The van der Waals surface area contributed by atoms with Crippen molar-refractivity contribution in [3.8, 4) is 0 Å². The van der Waals surface area contributed by atoms with Gasteiger partial charge in [0, 0.05) is 5.69 Å². The number of fused-ring (bicyclic) bond motifs is 1. The van der Waals surface area contributed by atoms with E-state index in [1.807, 2.05) is 0 Å². The molecule has 0 radical (unpaired) electrons. The maximum atomic E-state index is 12.6. The number of H-pyrrole nitrogens is 1. The molecule has 1 atom stereocenters. The second kappa shape index (κ2) is 5.11. The van der Waals surface area contributed by atoms with Crippen LogP contribution in [0.3, 0.4) is 0 Å². The van der Waals surface area contributed by atoms with E-state index in [1.165, 1.54) is 11.3 Å². The molecule has 1 spiro atoms. The van der Waals surface area contributed by atoms with Crippen molar-refractivity contribution in [2.75, 3.05) is 0 Å². The van der Waals surface area contributed by atoms with E-state index < -0.39 is 5.60 Å². The zero-order chi connectivity index (χ0) is 15.2. The van der Waals surface area contributed by atoms with Crippen LogP contribution in [0.25, 0.3) is 0 Å². The zero-order valence-corrected chi connectivity index (χ0v) is 12.6. The highest BCUT2D eigenvalue weighted by molar-refractivity contribution is 5.87. The summed E-state index contributed by atoms with van der Waals surface area (Å²) >= 11 is 0. The molecule has 1 aromatic heterocycles. The van der Waals surface area contributed by atoms with Crippen molar-refractivity contribution in [3.05, 3.63) is 17.0 Å².